The molecule has 3 aromatic rings. The topological polar surface area (TPSA) is 85.8 Å². The second-order valence-electron chi connectivity index (χ2n) is 6.39. The molecule has 0 saturated carbocycles. The zero-order chi connectivity index (χ0) is 20.1. The highest BCUT2D eigenvalue weighted by molar-refractivity contribution is 9.10. The minimum Gasteiger partial charge on any atom is -0.352 e. The smallest absolute Gasteiger partial charge is 0.244 e. The normalized spacial score (nSPS) is 11.5. The van der Waals surface area contributed by atoms with E-state index >= 15 is 0 Å². The third-order valence-electron chi connectivity index (χ3n) is 3.84. The fourth-order valence-electron chi connectivity index (χ4n) is 2.37. The molecule has 1 aromatic carbocycles. The van der Waals surface area contributed by atoms with Gasteiger partial charge >= 0.3 is 0 Å². The van der Waals surface area contributed by atoms with Gasteiger partial charge in [0.2, 0.25) is 11.8 Å². The van der Waals surface area contributed by atoms with Gasteiger partial charge in [0.25, 0.3) is 0 Å². The van der Waals surface area contributed by atoms with Crippen LogP contribution in [0.3, 0.4) is 0 Å². The van der Waals surface area contributed by atoms with E-state index in [0.29, 0.717) is 35.9 Å². The molecule has 2 aromatic heterocycles. The van der Waals surface area contributed by atoms with E-state index < -0.39 is 5.82 Å². The molecular formula is C19H19BrFN5O2. The Hall–Kier alpha value is -2.81. The second kappa shape index (κ2) is 8.92. The second-order valence-corrected chi connectivity index (χ2v) is 7.31. The Bertz CT molecular complexity index is 996. The number of amides is 1. The Morgan fingerprint density at radius 1 is 1.43 bits per heavy atom. The number of halogens is 2. The van der Waals surface area contributed by atoms with Crippen LogP contribution in [0.2, 0.25) is 0 Å². The highest BCUT2D eigenvalue weighted by Crippen LogP contribution is 2.18. The molecule has 2 heterocycles. The molecule has 0 aliphatic carbocycles. The van der Waals surface area contributed by atoms with E-state index in [1.165, 1.54) is 16.8 Å². The van der Waals surface area contributed by atoms with Crippen LogP contribution in [-0.2, 0) is 11.2 Å². The van der Waals surface area contributed by atoms with Crippen LogP contribution >= 0.6 is 15.9 Å². The lowest BCUT2D eigenvalue weighted by Crippen LogP contribution is -2.23. The third-order valence-corrected chi connectivity index (χ3v) is 4.24. The van der Waals surface area contributed by atoms with E-state index in [2.05, 4.69) is 36.5 Å². The van der Waals surface area contributed by atoms with Gasteiger partial charge in [-0.1, -0.05) is 25.1 Å². The number of nitrogens with one attached hydrogen (secondary N) is 1. The summed E-state index contributed by atoms with van der Waals surface area (Å²) < 4.78 is 21.6. The molecule has 28 heavy (non-hydrogen) atoms. The predicted molar refractivity (Wildman–Crippen MR) is 105 cm³/mol. The number of carbonyl (C=O) groups is 1. The summed E-state index contributed by atoms with van der Waals surface area (Å²) in [7, 11) is 0. The van der Waals surface area contributed by atoms with Gasteiger partial charge in [-0.15, -0.1) is 0 Å². The van der Waals surface area contributed by atoms with E-state index in [1.54, 1.807) is 30.6 Å². The van der Waals surface area contributed by atoms with E-state index in [4.69, 9.17) is 4.52 Å². The molecule has 0 bridgehead atoms. The lowest BCUT2D eigenvalue weighted by molar-refractivity contribution is -0.116. The van der Waals surface area contributed by atoms with Crippen LogP contribution in [0.25, 0.3) is 11.8 Å². The number of aromatic nitrogens is 4. The van der Waals surface area contributed by atoms with Gasteiger partial charge in [-0.25, -0.2) is 9.07 Å². The van der Waals surface area contributed by atoms with Crippen molar-refractivity contribution in [1.82, 2.24) is 25.2 Å². The summed E-state index contributed by atoms with van der Waals surface area (Å²) in [6, 6.07) is 4.67. The Morgan fingerprint density at radius 3 is 2.89 bits per heavy atom. The average molecular weight is 448 g/mol. The monoisotopic (exact) mass is 447 g/mol. The predicted octanol–water partition coefficient (Wildman–Crippen LogP) is 3.65. The Balaban J connectivity index is 1.52. The molecule has 1 amide bonds. The van der Waals surface area contributed by atoms with Crippen LogP contribution in [-0.4, -0.2) is 32.4 Å². The average Bonchev–Trinajstić information content (AvgIpc) is 3.29. The number of hydrogen-bond donors (Lipinski definition) is 1. The maximum Gasteiger partial charge on any atom is 0.244 e. The van der Waals surface area contributed by atoms with Gasteiger partial charge in [0.1, 0.15) is 11.5 Å². The molecule has 7 nitrogen and oxygen atoms in total. The van der Waals surface area contributed by atoms with Gasteiger partial charge in [-0.2, -0.15) is 10.1 Å². The highest BCUT2D eigenvalue weighted by atomic mass is 79.9. The molecule has 0 fully saturated rings. The number of carbonyl (C=O) groups excluding carboxylic acids is 1. The number of rotatable bonds is 7. The first-order valence-corrected chi connectivity index (χ1v) is 9.50. The number of benzene rings is 1. The van der Waals surface area contributed by atoms with Crippen molar-refractivity contribution in [2.75, 3.05) is 6.54 Å². The lowest BCUT2D eigenvalue weighted by Gasteiger charge is -2.04. The fourth-order valence-corrected chi connectivity index (χ4v) is 2.66. The first-order chi connectivity index (χ1) is 13.4. The van der Waals surface area contributed by atoms with Gasteiger partial charge in [0, 0.05) is 31.2 Å². The van der Waals surface area contributed by atoms with Crippen molar-refractivity contribution >= 4 is 27.9 Å². The van der Waals surface area contributed by atoms with Gasteiger partial charge in [0.05, 0.1) is 10.7 Å². The van der Waals surface area contributed by atoms with Crippen LogP contribution in [0.5, 0.6) is 0 Å². The molecule has 1 N–H and O–H groups in total. The first-order valence-electron chi connectivity index (χ1n) is 8.71. The summed E-state index contributed by atoms with van der Waals surface area (Å²) in [6.45, 7) is 4.32. The van der Waals surface area contributed by atoms with Crippen molar-refractivity contribution in [2.45, 2.75) is 26.2 Å². The van der Waals surface area contributed by atoms with Gasteiger partial charge in [-0.05, 0) is 39.7 Å². The standard InChI is InChI=1S/C19H19BrFN5O2/c1-12(2)19-24-18(28-25-19)7-8-22-17(27)6-4-13-3-5-16(15(21)9-13)26-11-14(20)10-23-26/h3-6,9-12H,7-8H2,1-2H3,(H,22,27)/b6-4+. The highest BCUT2D eigenvalue weighted by Gasteiger charge is 2.10. The molecule has 0 spiro atoms. The van der Waals surface area contributed by atoms with Crippen molar-refractivity contribution in [1.29, 1.82) is 0 Å². The summed E-state index contributed by atoms with van der Waals surface area (Å²) >= 11 is 3.28. The van der Waals surface area contributed by atoms with Crippen LogP contribution in [0.4, 0.5) is 4.39 Å². The van der Waals surface area contributed by atoms with Crippen LogP contribution in [0.15, 0.2) is 45.7 Å². The maximum atomic E-state index is 14.3. The zero-order valence-corrected chi connectivity index (χ0v) is 17.0. The first kappa shape index (κ1) is 19.9. The molecule has 0 aliphatic heterocycles. The quantitative estimate of drug-likeness (QED) is 0.558. The Labute approximate surface area is 169 Å². The fraction of sp³-hybridized carbons (Fsp3) is 0.263. The molecule has 0 atom stereocenters. The summed E-state index contributed by atoms with van der Waals surface area (Å²) in [5, 5.41) is 10.6. The number of hydrogen-bond acceptors (Lipinski definition) is 5. The minimum atomic E-state index is -0.435. The van der Waals surface area contributed by atoms with E-state index in [-0.39, 0.29) is 11.8 Å². The maximum absolute atomic E-state index is 14.3. The number of nitrogens with zero attached hydrogens (tertiary/aromatic N) is 4. The summed E-state index contributed by atoms with van der Waals surface area (Å²) in [6.07, 6.45) is 6.59. The van der Waals surface area contributed by atoms with Crippen molar-refractivity contribution in [3.63, 3.8) is 0 Å². The van der Waals surface area contributed by atoms with E-state index in [1.807, 2.05) is 13.8 Å². The third kappa shape index (κ3) is 5.13. The van der Waals surface area contributed by atoms with Gasteiger partial charge in [-0.3, -0.25) is 4.79 Å². The summed E-state index contributed by atoms with van der Waals surface area (Å²) in [4.78, 5) is 16.2. The van der Waals surface area contributed by atoms with Crippen molar-refractivity contribution < 1.29 is 13.7 Å². The summed E-state index contributed by atoms with van der Waals surface area (Å²) in [5.41, 5.74) is 0.897. The molecule has 9 heteroatoms. The van der Waals surface area contributed by atoms with Crippen molar-refractivity contribution in [2.24, 2.45) is 0 Å². The van der Waals surface area contributed by atoms with Crippen molar-refractivity contribution in [3.05, 3.63) is 64.2 Å². The molecule has 146 valence electrons. The molecule has 0 aliphatic rings. The molecule has 0 unspecified atom stereocenters. The van der Waals surface area contributed by atoms with Crippen molar-refractivity contribution in [3.8, 4) is 5.69 Å². The van der Waals surface area contributed by atoms with Crippen LogP contribution < -0.4 is 5.32 Å². The van der Waals surface area contributed by atoms with Gasteiger partial charge < -0.3 is 9.84 Å². The van der Waals surface area contributed by atoms with E-state index in [0.717, 1.165) is 4.47 Å². The Morgan fingerprint density at radius 2 is 2.25 bits per heavy atom. The molecular weight excluding hydrogens is 429 g/mol. The molecule has 3 rings (SSSR count). The lowest BCUT2D eigenvalue weighted by atomic mass is 10.2. The van der Waals surface area contributed by atoms with Crippen LogP contribution in [0, 0.1) is 5.82 Å². The van der Waals surface area contributed by atoms with E-state index in [9.17, 15) is 9.18 Å². The molecule has 0 saturated heterocycles. The largest absolute Gasteiger partial charge is 0.352 e. The summed E-state index contributed by atoms with van der Waals surface area (Å²) in [5.74, 6) is 0.598. The minimum absolute atomic E-state index is 0.191. The molecule has 0 radical (unpaired) electrons. The zero-order valence-electron chi connectivity index (χ0n) is 15.4. The van der Waals surface area contributed by atoms with Gasteiger partial charge in [0.15, 0.2) is 5.82 Å². The van der Waals surface area contributed by atoms with Crippen LogP contribution in [0.1, 0.15) is 37.0 Å². The Kier molecular flexibility index (Phi) is 6.35. The SMILES string of the molecule is CC(C)c1noc(CCNC(=O)/C=C/c2ccc(-n3cc(Br)cn3)c(F)c2)n1.